The van der Waals surface area contributed by atoms with Gasteiger partial charge in [-0.3, -0.25) is 14.5 Å². The number of aliphatic hydroxyl groups is 1. The van der Waals surface area contributed by atoms with Gasteiger partial charge in [0.1, 0.15) is 5.51 Å². The van der Waals surface area contributed by atoms with E-state index in [1.165, 1.54) is 22.7 Å². The van der Waals surface area contributed by atoms with Crippen LogP contribution in [0.25, 0.3) is 0 Å². The minimum Gasteiger partial charge on any atom is -0.503 e. The van der Waals surface area contributed by atoms with E-state index >= 15 is 0 Å². The smallest absolute Gasteiger partial charge is 0.296 e. The fraction of sp³-hybridized carbons (Fsp3) is 0.111. The van der Waals surface area contributed by atoms with Crippen LogP contribution < -0.4 is 4.90 Å². The Morgan fingerprint density at radius 3 is 2.81 bits per heavy atom. The highest BCUT2D eigenvalue weighted by atomic mass is 32.1. The first kappa shape index (κ1) is 16.2. The number of aliphatic hydroxyl groups excluding tert-OH is 1. The van der Waals surface area contributed by atoms with Crippen molar-refractivity contribution in [2.45, 2.75) is 13.0 Å². The number of hydrogen-bond donors (Lipinski definition) is 1. The zero-order valence-corrected chi connectivity index (χ0v) is 14.4. The second-order valence-corrected chi connectivity index (χ2v) is 6.59. The minimum atomic E-state index is -0.812. The summed E-state index contributed by atoms with van der Waals surface area (Å²) >= 11 is 1.15. The normalized spacial score (nSPS) is 17.2. The Morgan fingerprint density at radius 1 is 1.31 bits per heavy atom. The van der Waals surface area contributed by atoms with E-state index in [0.717, 1.165) is 16.9 Å². The van der Waals surface area contributed by atoms with Crippen molar-refractivity contribution in [3.63, 3.8) is 0 Å². The summed E-state index contributed by atoms with van der Waals surface area (Å²) in [5.74, 6) is -1.79. The lowest BCUT2D eigenvalue weighted by Crippen LogP contribution is -2.31. The fourth-order valence-corrected chi connectivity index (χ4v) is 3.59. The van der Waals surface area contributed by atoms with Crippen molar-refractivity contribution in [2.24, 2.45) is 0 Å². The molecule has 1 N–H and O–H groups in total. The maximum absolute atomic E-state index is 12.9. The van der Waals surface area contributed by atoms with Crippen molar-refractivity contribution in [3.05, 3.63) is 76.4 Å². The number of nitrogens with zero attached hydrogens (tertiary/aromatic N) is 3. The van der Waals surface area contributed by atoms with Gasteiger partial charge in [-0.15, -0.1) is 10.2 Å². The average Bonchev–Trinajstić information content (AvgIpc) is 3.37. The molecule has 130 valence electrons. The van der Waals surface area contributed by atoms with E-state index in [2.05, 4.69) is 10.2 Å². The summed E-state index contributed by atoms with van der Waals surface area (Å²) in [5, 5.41) is 18.5. The van der Waals surface area contributed by atoms with E-state index in [0.29, 0.717) is 10.7 Å². The predicted molar refractivity (Wildman–Crippen MR) is 94.0 cm³/mol. The first-order valence-corrected chi connectivity index (χ1v) is 8.63. The predicted octanol–water partition coefficient (Wildman–Crippen LogP) is 3.22. The summed E-state index contributed by atoms with van der Waals surface area (Å²) < 4.78 is 5.18. The lowest BCUT2D eigenvalue weighted by molar-refractivity contribution is -0.117. The molecule has 3 aromatic rings. The highest BCUT2D eigenvalue weighted by Gasteiger charge is 2.46. The molecule has 0 spiro atoms. The maximum atomic E-state index is 12.9. The first-order chi connectivity index (χ1) is 12.6. The van der Waals surface area contributed by atoms with Crippen molar-refractivity contribution in [1.82, 2.24) is 10.2 Å². The molecule has 4 rings (SSSR count). The molecule has 1 aliphatic rings. The molecular weight excluding hydrogens is 354 g/mol. The monoisotopic (exact) mass is 367 g/mol. The summed E-state index contributed by atoms with van der Waals surface area (Å²) in [6.07, 6.45) is 1.37. The van der Waals surface area contributed by atoms with Gasteiger partial charge >= 0.3 is 0 Å². The van der Waals surface area contributed by atoms with Crippen LogP contribution in [0.3, 0.4) is 0 Å². The second-order valence-electron chi connectivity index (χ2n) is 5.78. The van der Waals surface area contributed by atoms with Gasteiger partial charge in [-0.25, -0.2) is 0 Å². The Hall–Kier alpha value is -3.26. The molecule has 0 bridgehead atoms. The molecule has 7 nitrogen and oxygen atoms in total. The van der Waals surface area contributed by atoms with Crippen molar-refractivity contribution in [3.8, 4) is 0 Å². The Morgan fingerprint density at radius 2 is 2.15 bits per heavy atom. The number of benzene rings is 1. The lowest BCUT2D eigenvalue weighted by atomic mass is 9.94. The van der Waals surface area contributed by atoms with Crippen molar-refractivity contribution in [2.75, 3.05) is 4.90 Å². The van der Waals surface area contributed by atoms with Gasteiger partial charge in [0, 0.05) is 0 Å². The van der Waals surface area contributed by atoms with Gasteiger partial charge in [-0.2, -0.15) is 0 Å². The fourth-order valence-electron chi connectivity index (χ4n) is 3.00. The number of carbonyl (C=O) groups is 2. The molecule has 26 heavy (non-hydrogen) atoms. The van der Waals surface area contributed by atoms with Gasteiger partial charge in [-0.05, 0) is 24.6 Å². The number of anilines is 1. The third-order valence-corrected chi connectivity index (χ3v) is 4.80. The zero-order chi connectivity index (χ0) is 18.3. The number of aromatic nitrogens is 2. The zero-order valence-electron chi connectivity index (χ0n) is 13.6. The Bertz CT molecular complexity index is 1010. The highest BCUT2D eigenvalue weighted by molar-refractivity contribution is 7.13. The van der Waals surface area contributed by atoms with Crippen LogP contribution in [0.15, 0.2) is 63.9 Å². The molecule has 0 fully saturated rings. The van der Waals surface area contributed by atoms with Crippen LogP contribution in [0.1, 0.15) is 27.7 Å². The molecule has 1 unspecified atom stereocenters. The number of furan rings is 1. The summed E-state index contributed by atoms with van der Waals surface area (Å²) in [6.45, 7) is 1.91. The molecule has 0 aliphatic carbocycles. The van der Waals surface area contributed by atoms with Crippen molar-refractivity contribution >= 4 is 28.2 Å². The minimum absolute atomic E-state index is 0.0363. The van der Waals surface area contributed by atoms with Crippen LogP contribution in [-0.2, 0) is 4.79 Å². The van der Waals surface area contributed by atoms with Gasteiger partial charge < -0.3 is 9.52 Å². The summed E-state index contributed by atoms with van der Waals surface area (Å²) in [5.41, 5.74) is 3.10. The number of amides is 1. The number of aryl methyl sites for hydroxylation is 1. The van der Waals surface area contributed by atoms with Crippen LogP contribution in [0.5, 0.6) is 0 Å². The molecule has 1 amide bonds. The summed E-state index contributed by atoms with van der Waals surface area (Å²) in [4.78, 5) is 26.9. The molecule has 8 heteroatoms. The van der Waals surface area contributed by atoms with Gasteiger partial charge in [0.15, 0.2) is 11.5 Å². The Kier molecular flexibility index (Phi) is 3.89. The largest absolute Gasteiger partial charge is 0.503 e. The van der Waals surface area contributed by atoms with Crippen molar-refractivity contribution < 1.29 is 19.1 Å². The van der Waals surface area contributed by atoms with E-state index in [4.69, 9.17) is 4.42 Å². The molecule has 1 aromatic carbocycles. The van der Waals surface area contributed by atoms with Crippen LogP contribution in [-0.4, -0.2) is 27.0 Å². The lowest BCUT2D eigenvalue weighted by Gasteiger charge is -2.24. The number of hydrogen-bond acceptors (Lipinski definition) is 7. The van der Waals surface area contributed by atoms with Crippen LogP contribution in [0.4, 0.5) is 5.13 Å². The van der Waals surface area contributed by atoms with Gasteiger partial charge in [0.05, 0.1) is 17.9 Å². The van der Waals surface area contributed by atoms with Gasteiger partial charge in [-0.1, -0.05) is 41.2 Å². The standard InChI is InChI=1S/C18H13N3O4S/c1-10-4-2-5-11(8-10)14-13(15(22)12-6-3-7-25-12)16(23)17(24)21(14)18-20-19-9-26-18/h2-9,14,23H,1H3. The Labute approximate surface area is 152 Å². The number of ketones is 1. The van der Waals surface area contributed by atoms with E-state index in [-0.39, 0.29) is 11.3 Å². The number of Topliss-reactive ketones (excluding diaryl/α,β-unsaturated/α-hetero) is 1. The van der Waals surface area contributed by atoms with E-state index in [1.807, 2.05) is 25.1 Å². The molecule has 1 aliphatic heterocycles. The quantitative estimate of drug-likeness (QED) is 0.711. The molecule has 0 saturated carbocycles. The molecular formula is C18H13N3O4S. The molecule has 0 saturated heterocycles. The third-order valence-electron chi connectivity index (χ3n) is 4.11. The van der Waals surface area contributed by atoms with E-state index in [9.17, 15) is 14.7 Å². The SMILES string of the molecule is Cc1cccc(C2C(C(=O)c3ccco3)=C(O)C(=O)N2c2nncs2)c1. The van der Waals surface area contributed by atoms with E-state index in [1.54, 1.807) is 12.1 Å². The van der Waals surface area contributed by atoms with Crippen molar-refractivity contribution in [1.29, 1.82) is 0 Å². The van der Waals surface area contributed by atoms with Gasteiger partial charge in [0.25, 0.3) is 5.91 Å². The Balaban J connectivity index is 1.89. The maximum Gasteiger partial charge on any atom is 0.296 e. The van der Waals surface area contributed by atoms with Crippen LogP contribution in [0, 0.1) is 6.92 Å². The van der Waals surface area contributed by atoms with E-state index < -0.39 is 23.5 Å². The summed E-state index contributed by atoms with van der Waals surface area (Å²) in [6, 6.07) is 9.66. The molecule has 1 atom stereocenters. The molecule has 3 heterocycles. The topological polar surface area (TPSA) is 96.5 Å². The second kappa shape index (κ2) is 6.23. The van der Waals surface area contributed by atoms with Gasteiger partial charge in [0.2, 0.25) is 10.9 Å². The summed E-state index contributed by atoms with van der Waals surface area (Å²) in [7, 11) is 0. The third kappa shape index (κ3) is 2.51. The van der Waals surface area contributed by atoms with Crippen LogP contribution >= 0.6 is 11.3 Å². The molecule has 0 radical (unpaired) electrons. The number of rotatable bonds is 4. The first-order valence-electron chi connectivity index (χ1n) is 7.75. The highest BCUT2D eigenvalue weighted by Crippen LogP contribution is 2.42. The average molecular weight is 367 g/mol. The molecule has 2 aromatic heterocycles. The van der Waals surface area contributed by atoms with Crippen LogP contribution in [0.2, 0.25) is 0 Å². The number of carbonyl (C=O) groups excluding carboxylic acids is 2.